The Morgan fingerprint density at radius 3 is 2.16 bits per heavy atom. The summed E-state index contributed by atoms with van der Waals surface area (Å²) < 4.78 is 5.31. The number of nitrogens with one attached hydrogen (secondary N) is 2. The Morgan fingerprint density at radius 2 is 1.58 bits per heavy atom. The number of carbonyl (C=O) groups is 3. The number of aryl methyl sites for hydroxylation is 2. The van der Waals surface area contributed by atoms with Crippen LogP contribution in [0.3, 0.4) is 0 Å². The third-order valence-corrected chi connectivity index (χ3v) is 6.15. The van der Waals surface area contributed by atoms with Crippen LogP contribution in [0.15, 0.2) is 48.5 Å². The molecule has 8 heteroatoms. The number of anilines is 1. The topological polar surface area (TPSA) is 108 Å². The van der Waals surface area contributed by atoms with E-state index in [2.05, 4.69) is 17.6 Å². The summed E-state index contributed by atoms with van der Waals surface area (Å²) in [5.41, 5.74) is 2.30. The van der Waals surface area contributed by atoms with E-state index >= 15 is 0 Å². The molecule has 0 aliphatic heterocycles. The highest BCUT2D eigenvalue weighted by atomic mass is 16.6. The van der Waals surface area contributed by atoms with Gasteiger partial charge in [0.05, 0.1) is 6.61 Å². The zero-order chi connectivity index (χ0) is 28.3. The molecule has 0 spiro atoms. The number of ether oxygens (including phenoxy) is 1. The molecule has 2 aromatic rings. The fourth-order valence-corrected chi connectivity index (χ4v) is 4.17. The lowest BCUT2D eigenvalue weighted by Crippen LogP contribution is -2.54. The van der Waals surface area contributed by atoms with Crippen molar-refractivity contribution in [1.29, 1.82) is 0 Å². The molecular weight excluding hydrogens is 482 g/mol. The maximum atomic E-state index is 13.9. The SMILES string of the molecule is CCCCCCN(C(=O)C(CO)NC(=O)OC(C)(C)C)C(C(=O)Nc1ccccc1C)c1ccccc1C. The van der Waals surface area contributed by atoms with Gasteiger partial charge < -0.3 is 25.4 Å². The van der Waals surface area contributed by atoms with Crippen molar-refractivity contribution in [2.45, 2.75) is 84.9 Å². The van der Waals surface area contributed by atoms with E-state index in [1.807, 2.05) is 62.4 Å². The maximum Gasteiger partial charge on any atom is 0.408 e. The van der Waals surface area contributed by atoms with Crippen molar-refractivity contribution in [1.82, 2.24) is 10.2 Å². The Balaban J connectivity index is 2.49. The molecule has 8 nitrogen and oxygen atoms in total. The molecule has 3 amide bonds. The number of alkyl carbamates (subject to hydrolysis) is 1. The summed E-state index contributed by atoms with van der Waals surface area (Å²) in [6.07, 6.45) is 2.75. The molecule has 0 saturated carbocycles. The van der Waals surface area contributed by atoms with Crippen LogP contribution in [0.25, 0.3) is 0 Å². The van der Waals surface area contributed by atoms with Crippen molar-refractivity contribution >= 4 is 23.6 Å². The molecule has 2 rings (SSSR count). The second-order valence-corrected chi connectivity index (χ2v) is 10.5. The van der Waals surface area contributed by atoms with Gasteiger partial charge >= 0.3 is 6.09 Å². The molecule has 0 aromatic heterocycles. The minimum atomic E-state index is -1.27. The predicted octanol–water partition coefficient (Wildman–Crippen LogP) is 5.28. The van der Waals surface area contributed by atoms with Crippen molar-refractivity contribution in [3.8, 4) is 0 Å². The zero-order valence-electron chi connectivity index (χ0n) is 23.5. The molecule has 0 fully saturated rings. The molecule has 0 saturated heterocycles. The largest absolute Gasteiger partial charge is 0.444 e. The van der Waals surface area contributed by atoms with Gasteiger partial charge in [0.1, 0.15) is 17.7 Å². The summed E-state index contributed by atoms with van der Waals surface area (Å²) in [6, 6.07) is 12.6. The van der Waals surface area contributed by atoms with Gasteiger partial charge in [-0.15, -0.1) is 0 Å². The molecule has 3 N–H and O–H groups in total. The molecule has 0 bridgehead atoms. The van der Waals surface area contributed by atoms with Crippen molar-refractivity contribution in [2.75, 3.05) is 18.5 Å². The minimum absolute atomic E-state index is 0.283. The van der Waals surface area contributed by atoms with Crippen LogP contribution in [0.1, 0.15) is 76.1 Å². The number of hydrogen-bond acceptors (Lipinski definition) is 5. The minimum Gasteiger partial charge on any atom is -0.444 e. The maximum absolute atomic E-state index is 13.9. The van der Waals surface area contributed by atoms with Crippen molar-refractivity contribution in [2.24, 2.45) is 0 Å². The summed E-state index contributed by atoms with van der Waals surface area (Å²) in [5, 5.41) is 15.6. The molecule has 208 valence electrons. The van der Waals surface area contributed by atoms with Crippen LogP contribution in [-0.4, -0.2) is 52.7 Å². The number of para-hydroxylation sites is 1. The number of rotatable bonds is 12. The Labute approximate surface area is 226 Å². The Kier molecular flexibility index (Phi) is 11.8. The van der Waals surface area contributed by atoms with Gasteiger partial charge in [0.2, 0.25) is 5.91 Å². The normalized spacial score (nSPS) is 12.8. The highest BCUT2D eigenvalue weighted by Crippen LogP contribution is 2.28. The van der Waals surface area contributed by atoms with E-state index in [1.54, 1.807) is 20.8 Å². The summed E-state index contributed by atoms with van der Waals surface area (Å²) in [5.74, 6) is -0.922. The van der Waals surface area contributed by atoms with Crippen LogP contribution in [0, 0.1) is 13.8 Å². The van der Waals surface area contributed by atoms with Gasteiger partial charge in [-0.25, -0.2) is 4.79 Å². The Morgan fingerprint density at radius 1 is 0.947 bits per heavy atom. The van der Waals surface area contributed by atoms with Crippen LogP contribution < -0.4 is 10.6 Å². The zero-order valence-corrected chi connectivity index (χ0v) is 23.5. The third kappa shape index (κ3) is 9.17. The van der Waals surface area contributed by atoms with Gasteiger partial charge in [0, 0.05) is 12.2 Å². The van der Waals surface area contributed by atoms with Crippen LogP contribution in [0.5, 0.6) is 0 Å². The summed E-state index contributed by atoms with van der Waals surface area (Å²) in [4.78, 5) is 41.7. The number of hydrogen-bond donors (Lipinski definition) is 3. The van der Waals surface area contributed by atoms with E-state index < -0.39 is 36.3 Å². The summed E-state index contributed by atoms with van der Waals surface area (Å²) in [6.45, 7) is 10.7. The quantitative estimate of drug-likeness (QED) is 0.327. The molecule has 0 heterocycles. The van der Waals surface area contributed by atoms with Crippen molar-refractivity contribution in [3.63, 3.8) is 0 Å². The fraction of sp³-hybridized carbons (Fsp3) is 0.500. The summed E-state index contributed by atoms with van der Waals surface area (Å²) >= 11 is 0. The van der Waals surface area contributed by atoms with Gasteiger partial charge in [0.15, 0.2) is 0 Å². The molecule has 38 heavy (non-hydrogen) atoms. The van der Waals surface area contributed by atoms with Crippen LogP contribution in [0.4, 0.5) is 10.5 Å². The predicted molar refractivity (Wildman–Crippen MR) is 150 cm³/mol. The first-order chi connectivity index (χ1) is 18.0. The molecule has 2 atom stereocenters. The van der Waals surface area contributed by atoms with E-state index in [0.29, 0.717) is 17.7 Å². The molecule has 0 radical (unpaired) electrons. The van der Waals surface area contributed by atoms with Gasteiger partial charge in [-0.2, -0.15) is 0 Å². The average molecular weight is 526 g/mol. The lowest BCUT2D eigenvalue weighted by molar-refractivity contribution is -0.141. The first kappa shape index (κ1) is 30.8. The Hall–Kier alpha value is -3.39. The number of nitrogens with zero attached hydrogens (tertiary/aromatic N) is 1. The van der Waals surface area contributed by atoms with Gasteiger partial charge in [-0.3, -0.25) is 9.59 Å². The average Bonchev–Trinajstić information content (AvgIpc) is 2.85. The summed E-state index contributed by atoms with van der Waals surface area (Å²) in [7, 11) is 0. The van der Waals surface area contributed by atoms with Crippen LogP contribution in [0.2, 0.25) is 0 Å². The van der Waals surface area contributed by atoms with Crippen molar-refractivity contribution in [3.05, 3.63) is 65.2 Å². The van der Waals surface area contributed by atoms with Crippen molar-refractivity contribution < 1.29 is 24.2 Å². The standard InChI is InChI=1S/C30H43N3O5/c1-7-8-9-14-19-33(28(36)25(20-34)32-29(37)38-30(4,5)6)26(23-17-12-10-15-21(23)2)27(35)31-24-18-13-11-16-22(24)3/h10-13,15-18,25-26,34H,7-9,14,19-20H2,1-6H3,(H,31,35)(H,32,37). The number of benzene rings is 2. The lowest BCUT2D eigenvalue weighted by Gasteiger charge is -2.35. The third-order valence-electron chi connectivity index (χ3n) is 6.15. The van der Waals surface area contributed by atoms with Gasteiger partial charge in [-0.05, 0) is 63.8 Å². The van der Waals surface area contributed by atoms with Crippen LogP contribution in [-0.2, 0) is 14.3 Å². The molecular formula is C30H43N3O5. The number of carbonyl (C=O) groups excluding carboxylic acids is 3. The fourth-order valence-electron chi connectivity index (χ4n) is 4.17. The molecule has 2 unspecified atom stereocenters. The highest BCUT2D eigenvalue weighted by Gasteiger charge is 2.36. The Bertz CT molecular complexity index is 1080. The molecule has 0 aliphatic rings. The molecule has 0 aliphatic carbocycles. The first-order valence-corrected chi connectivity index (χ1v) is 13.3. The monoisotopic (exact) mass is 525 g/mol. The van der Waals surface area contributed by atoms with E-state index in [9.17, 15) is 19.5 Å². The van der Waals surface area contributed by atoms with Gasteiger partial charge in [-0.1, -0.05) is 68.7 Å². The molecule has 2 aromatic carbocycles. The van der Waals surface area contributed by atoms with E-state index in [4.69, 9.17) is 4.74 Å². The highest BCUT2D eigenvalue weighted by molar-refractivity contribution is 5.99. The first-order valence-electron chi connectivity index (χ1n) is 13.3. The number of unbranched alkanes of at least 4 members (excludes halogenated alkanes) is 3. The number of aliphatic hydroxyl groups is 1. The second-order valence-electron chi connectivity index (χ2n) is 10.5. The lowest BCUT2D eigenvalue weighted by atomic mass is 9.97. The van der Waals surface area contributed by atoms with Crippen LogP contribution >= 0.6 is 0 Å². The van der Waals surface area contributed by atoms with E-state index in [0.717, 1.165) is 30.4 Å². The van der Waals surface area contributed by atoms with E-state index in [-0.39, 0.29) is 12.5 Å². The number of aliphatic hydroxyl groups excluding tert-OH is 1. The number of amides is 3. The second kappa shape index (κ2) is 14.5. The smallest absolute Gasteiger partial charge is 0.408 e. The van der Waals surface area contributed by atoms with Gasteiger partial charge in [0.25, 0.3) is 5.91 Å². The van der Waals surface area contributed by atoms with E-state index in [1.165, 1.54) is 4.90 Å².